The van der Waals surface area contributed by atoms with Gasteiger partial charge in [-0.15, -0.1) is 0 Å². The van der Waals surface area contributed by atoms with Crippen molar-refractivity contribution in [1.29, 1.82) is 0 Å². The van der Waals surface area contributed by atoms with Crippen molar-refractivity contribution in [2.75, 3.05) is 26.3 Å². The third kappa shape index (κ3) is 3.59. The second kappa shape index (κ2) is 6.90. The third-order valence-electron chi connectivity index (χ3n) is 4.48. The van der Waals surface area contributed by atoms with Crippen LogP contribution in [0.1, 0.15) is 30.1 Å². The smallest absolute Gasteiger partial charge is 0.254 e. The van der Waals surface area contributed by atoms with Gasteiger partial charge in [0.15, 0.2) is 0 Å². The highest BCUT2D eigenvalue weighted by atomic mass is 32.1. The molecule has 2 aliphatic rings. The summed E-state index contributed by atoms with van der Waals surface area (Å²) in [4.78, 5) is 38.5. The van der Waals surface area contributed by atoms with Crippen LogP contribution < -0.4 is 10.6 Å². The van der Waals surface area contributed by atoms with Gasteiger partial charge in [-0.3, -0.25) is 14.4 Å². The molecule has 0 saturated carbocycles. The summed E-state index contributed by atoms with van der Waals surface area (Å²) < 4.78 is 5.41. The van der Waals surface area contributed by atoms with E-state index in [2.05, 4.69) is 10.6 Å². The fraction of sp³-hybridized carbons (Fsp3) is 0.562. The average Bonchev–Trinajstić information content (AvgIpc) is 3.03. The number of nitrogens with one attached hydrogen (secondary N) is 2. The first-order chi connectivity index (χ1) is 11.5. The Kier molecular flexibility index (Phi) is 4.86. The fourth-order valence-electron chi connectivity index (χ4n) is 3.25. The van der Waals surface area contributed by atoms with Crippen LogP contribution in [0.2, 0.25) is 0 Å². The molecule has 1 spiro atoms. The van der Waals surface area contributed by atoms with Gasteiger partial charge in [0.05, 0.1) is 17.6 Å². The lowest BCUT2D eigenvalue weighted by molar-refractivity contribution is -0.129. The summed E-state index contributed by atoms with van der Waals surface area (Å²) in [6, 6.07) is 1.03. The molecule has 3 heterocycles. The molecule has 2 saturated heterocycles. The Bertz CT molecular complexity index is 625. The van der Waals surface area contributed by atoms with Crippen LogP contribution in [0, 0.1) is 0 Å². The fourth-order valence-corrected chi connectivity index (χ4v) is 3.88. The molecule has 24 heavy (non-hydrogen) atoms. The van der Waals surface area contributed by atoms with Crippen molar-refractivity contribution in [2.24, 2.45) is 0 Å². The zero-order chi connectivity index (χ0) is 17.2. The average molecular weight is 351 g/mol. The van der Waals surface area contributed by atoms with E-state index in [0.29, 0.717) is 38.2 Å². The summed E-state index contributed by atoms with van der Waals surface area (Å²) in [6.45, 7) is 3.06. The van der Waals surface area contributed by atoms with E-state index in [-0.39, 0.29) is 24.3 Å². The predicted molar refractivity (Wildman–Crippen MR) is 88.8 cm³/mol. The van der Waals surface area contributed by atoms with Crippen molar-refractivity contribution >= 4 is 29.1 Å². The number of amides is 3. The van der Waals surface area contributed by atoms with Crippen LogP contribution in [-0.4, -0.2) is 60.5 Å². The van der Waals surface area contributed by atoms with Crippen LogP contribution in [0.25, 0.3) is 0 Å². The maximum absolute atomic E-state index is 12.8. The minimum absolute atomic E-state index is 0.117. The monoisotopic (exact) mass is 351 g/mol. The summed E-state index contributed by atoms with van der Waals surface area (Å²) in [6.07, 6.45) is 1.30. The van der Waals surface area contributed by atoms with Crippen molar-refractivity contribution in [2.45, 2.75) is 31.3 Å². The highest BCUT2D eigenvalue weighted by Gasteiger charge is 2.42. The largest absolute Gasteiger partial charge is 0.381 e. The second-order valence-electron chi connectivity index (χ2n) is 6.33. The number of rotatable bonds is 2. The van der Waals surface area contributed by atoms with E-state index in [9.17, 15) is 14.4 Å². The SMILES string of the molecule is CC(=O)NC1CN(C(=O)c2ccsc2)CC2(CCOCC2)NC1=O. The second-order valence-corrected chi connectivity index (χ2v) is 7.11. The number of hydrogen-bond acceptors (Lipinski definition) is 5. The lowest BCUT2D eigenvalue weighted by atomic mass is 9.89. The Labute approximate surface area is 144 Å². The van der Waals surface area contributed by atoms with Gasteiger partial charge >= 0.3 is 0 Å². The lowest BCUT2D eigenvalue weighted by Gasteiger charge is -2.39. The minimum atomic E-state index is -0.743. The molecule has 3 amide bonds. The van der Waals surface area contributed by atoms with Gasteiger partial charge in [0, 0.05) is 32.1 Å². The van der Waals surface area contributed by atoms with Crippen LogP contribution in [0.3, 0.4) is 0 Å². The number of carbonyl (C=O) groups excluding carboxylic acids is 3. The zero-order valence-corrected chi connectivity index (χ0v) is 14.4. The molecule has 0 radical (unpaired) electrons. The van der Waals surface area contributed by atoms with E-state index in [1.807, 2.05) is 5.38 Å². The number of nitrogens with zero attached hydrogens (tertiary/aromatic N) is 1. The molecule has 130 valence electrons. The van der Waals surface area contributed by atoms with E-state index in [1.54, 1.807) is 16.3 Å². The third-order valence-corrected chi connectivity index (χ3v) is 5.17. The van der Waals surface area contributed by atoms with E-state index in [0.717, 1.165) is 0 Å². The Hall–Kier alpha value is -1.93. The zero-order valence-electron chi connectivity index (χ0n) is 13.5. The van der Waals surface area contributed by atoms with Crippen molar-refractivity contribution in [3.63, 3.8) is 0 Å². The highest BCUT2D eigenvalue weighted by molar-refractivity contribution is 7.08. The van der Waals surface area contributed by atoms with Gasteiger partial charge in [-0.25, -0.2) is 0 Å². The number of thiophene rings is 1. The first-order valence-electron chi connectivity index (χ1n) is 7.97. The van der Waals surface area contributed by atoms with Gasteiger partial charge in [0.1, 0.15) is 6.04 Å². The van der Waals surface area contributed by atoms with Crippen molar-refractivity contribution in [3.8, 4) is 0 Å². The van der Waals surface area contributed by atoms with Crippen LogP contribution in [0.5, 0.6) is 0 Å². The predicted octanol–water partition coefficient (Wildman–Crippen LogP) is 0.374. The Morgan fingerprint density at radius 2 is 2.17 bits per heavy atom. The van der Waals surface area contributed by atoms with E-state index < -0.39 is 11.6 Å². The van der Waals surface area contributed by atoms with E-state index >= 15 is 0 Å². The first-order valence-corrected chi connectivity index (χ1v) is 8.92. The molecule has 1 unspecified atom stereocenters. The maximum Gasteiger partial charge on any atom is 0.254 e. The molecular weight excluding hydrogens is 330 g/mol. The Balaban J connectivity index is 1.88. The molecule has 0 bridgehead atoms. The molecule has 2 fully saturated rings. The summed E-state index contributed by atoms with van der Waals surface area (Å²) in [5.74, 6) is -0.650. The summed E-state index contributed by atoms with van der Waals surface area (Å²) in [5, 5.41) is 9.35. The molecule has 0 aromatic carbocycles. The molecule has 7 nitrogen and oxygen atoms in total. The number of ether oxygens (including phenoxy) is 1. The molecule has 8 heteroatoms. The van der Waals surface area contributed by atoms with Crippen LogP contribution in [-0.2, 0) is 14.3 Å². The molecule has 0 aliphatic carbocycles. The minimum Gasteiger partial charge on any atom is -0.381 e. The number of hydrogen-bond donors (Lipinski definition) is 2. The van der Waals surface area contributed by atoms with Gasteiger partial charge in [0.2, 0.25) is 11.8 Å². The number of carbonyl (C=O) groups is 3. The van der Waals surface area contributed by atoms with Gasteiger partial charge in [-0.05, 0) is 24.3 Å². The van der Waals surface area contributed by atoms with Gasteiger partial charge in [-0.1, -0.05) is 0 Å². The first kappa shape index (κ1) is 16.9. The van der Waals surface area contributed by atoms with Gasteiger partial charge in [0.25, 0.3) is 5.91 Å². The van der Waals surface area contributed by atoms with Gasteiger partial charge < -0.3 is 20.3 Å². The van der Waals surface area contributed by atoms with E-state index in [1.165, 1.54) is 18.3 Å². The standard InChI is InChI=1S/C16H21N3O4S/c1-11(20)17-13-8-19(15(22)12-2-7-24-9-12)10-16(18-14(13)21)3-5-23-6-4-16/h2,7,9,13H,3-6,8,10H2,1H3,(H,17,20)(H,18,21). The molecule has 2 N–H and O–H groups in total. The quantitative estimate of drug-likeness (QED) is 0.806. The summed E-state index contributed by atoms with van der Waals surface area (Å²) >= 11 is 1.46. The molecular formula is C16H21N3O4S. The molecule has 2 aliphatic heterocycles. The molecule has 1 aromatic heterocycles. The highest BCUT2D eigenvalue weighted by Crippen LogP contribution is 2.25. The van der Waals surface area contributed by atoms with Crippen LogP contribution >= 0.6 is 11.3 Å². The molecule has 3 rings (SSSR count). The van der Waals surface area contributed by atoms with Crippen LogP contribution in [0.15, 0.2) is 16.8 Å². The Morgan fingerprint density at radius 3 is 2.79 bits per heavy atom. The topological polar surface area (TPSA) is 87.7 Å². The van der Waals surface area contributed by atoms with Crippen molar-refractivity contribution in [3.05, 3.63) is 22.4 Å². The van der Waals surface area contributed by atoms with Crippen molar-refractivity contribution < 1.29 is 19.1 Å². The molecule has 1 atom stereocenters. The van der Waals surface area contributed by atoms with Crippen LogP contribution in [0.4, 0.5) is 0 Å². The normalized spacial score (nSPS) is 23.5. The van der Waals surface area contributed by atoms with Gasteiger partial charge in [-0.2, -0.15) is 11.3 Å². The lowest BCUT2D eigenvalue weighted by Crippen LogP contribution is -2.57. The summed E-state index contributed by atoms with van der Waals surface area (Å²) in [7, 11) is 0. The van der Waals surface area contributed by atoms with E-state index in [4.69, 9.17) is 4.74 Å². The summed E-state index contributed by atoms with van der Waals surface area (Å²) in [5.41, 5.74) is 0.118. The maximum atomic E-state index is 12.8. The molecule has 1 aromatic rings. The van der Waals surface area contributed by atoms with Crippen molar-refractivity contribution in [1.82, 2.24) is 15.5 Å². The Morgan fingerprint density at radius 1 is 1.42 bits per heavy atom.